The Morgan fingerprint density at radius 2 is 2.00 bits per heavy atom. The predicted molar refractivity (Wildman–Crippen MR) is 76.1 cm³/mol. The molecule has 21 heavy (non-hydrogen) atoms. The molecule has 1 atom stereocenters. The number of hydrogen-bond acceptors (Lipinski definition) is 3. The molecule has 0 fully saturated rings. The van der Waals surface area contributed by atoms with Gasteiger partial charge in [-0.3, -0.25) is 14.5 Å². The number of halogens is 2. The Bertz CT molecular complexity index is 520. The molecule has 1 N–H and O–H groups in total. The minimum absolute atomic E-state index is 0.0374. The number of nitrogens with one attached hydrogen (secondary N) is 1. The molecular weight excluding hydrogens is 278 g/mol. The fourth-order valence-corrected chi connectivity index (χ4v) is 1.80. The van der Waals surface area contributed by atoms with Crippen molar-refractivity contribution >= 4 is 11.7 Å². The summed E-state index contributed by atoms with van der Waals surface area (Å²) in [6.45, 7) is 4.13. The lowest BCUT2D eigenvalue weighted by atomic mass is 10.0. The minimum atomic E-state index is -0.893. The summed E-state index contributed by atoms with van der Waals surface area (Å²) in [6, 6.07) is 2.15. The van der Waals surface area contributed by atoms with Gasteiger partial charge in [0.1, 0.15) is 11.6 Å². The summed E-state index contributed by atoms with van der Waals surface area (Å²) in [5.74, 6) is -2.31. The van der Waals surface area contributed by atoms with Gasteiger partial charge in [-0.05, 0) is 32.5 Å². The number of carbonyl (C=O) groups is 2. The highest BCUT2D eigenvalue weighted by Gasteiger charge is 2.23. The third-order valence-electron chi connectivity index (χ3n) is 3.20. The summed E-state index contributed by atoms with van der Waals surface area (Å²) < 4.78 is 26.4. The number of carbonyl (C=O) groups excluding carboxylic acids is 2. The first kappa shape index (κ1) is 17.2. The molecule has 1 amide bonds. The first-order chi connectivity index (χ1) is 9.86. The topological polar surface area (TPSA) is 49.4 Å². The van der Waals surface area contributed by atoms with Crippen molar-refractivity contribution in [3.8, 4) is 0 Å². The molecule has 0 aromatic heterocycles. The first-order valence-corrected chi connectivity index (χ1v) is 6.83. The van der Waals surface area contributed by atoms with Crippen LogP contribution in [0.2, 0.25) is 0 Å². The van der Waals surface area contributed by atoms with Crippen LogP contribution in [0.25, 0.3) is 0 Å². The maximum atomic E-state index is 13.6. The molecular formula is C15H20F2N2O2. The zero-order valence-electron chi connectivity index (χ0n) is 12.5. The van der Waals surface area contributed by atoms with E-state index in [4.69, 9.17) is 0 Å². The molecule has 4 nitrogen and oxygen atoms in total. The summed E-state index contributed by atoms with van der Waals surface area (Å²) in [7, 11) is 1.61. The van der Waals surface area contributed by atoms with Crippen LogP contribution in [0.3, 0.4) is 0 Å². The standard InChI is InChI=1S/C15H20F2N2O2/c1-4-7-18-14(20)9-19(3)10(2)15(21)12-6-5-11(16)8-13(12)17/h5-6,8,10H,4,7,9H2,1-3H3,(H,18,20). The van der Waals surface area contributed by atoms with Gasteiger partial charge in [0.15, 0.2) is 5.78 Å². The van der Waals surface area contributed by atoms with Gasteiger partial charge in [0.2, 0.25) is 5.91 Å². The van der Waals surface area contributed by atoms with Crippen LogP contribution in [0.1, 0.15) is 30.6 Å². The Morgan fingerprint density at radius 1 is 1.33 bits per heavy atom. The van der Waals surface area contributed by atoms with E-state index in [1.54, 1.807) is 14.0 Å². The Labute approximate surface area is 123 Å². The molecule has 0 radical (unpaired) electrons. The smallest absolute Gasteiger partial charge is 0.234 e. The quantitative estimate of drug-likeness (QED) is 0.783. The van der Waals surface area contributed by atoms with Crippen LogP contribution in [0, 0.1) is 11.6 Å². The van der Waals surface area contributed by atoms with E-state index in [-0.39, 0.29) is 18.0 Å². The summed E-state index contributed by atoms with van der Waals surface area (Å²) in [5, 5.41) is 2.70. The molecule has 1 rings (SSSR count). The highest BCUT2D eigenvalue weighted by atomic mass is 19.1. The average molecular weight is 298 g/mol. The van der Waals surface area contributed by atoms with Gasteiger partial charge in [-0.25, -0.2) is 8.78 Å². The van der Waals surface area contributed by atoms with E-state index < -0.39 is 23.5 Å². The highest BCUT2D eigenvalue weighted by Crippen LogP contribution is 2.13. The maximum absolute atomic E-state index is 13.6. The molecule has 0 saturated carbocycles. The van der Waals surface area contributed by atoms with Gasteiger partial charge in [0, 0.05) is 12.6 Å². The van der Waals surface area contributed by atoms with E-state index in [1.165, 1.54) is 4.90 Å². The van der Waals surface area contributed by atoms with Crippen molar-refractivity contribution in [1.29, 1.82) is 0 Å². The molecule has 1 aromatic rings. The van der Waals surface area contributed by atoms with E-state index in [9.17, 15) is 18.4 Å². The summed E-state index contributed by atoms with van der Waals surface area (Å²) in [4.78, 5) is 25.3. The zero-order valence-corrected chi connectivity index (χ0v) is 12.5. The van der Waals surface area contributed by atoms with Gasteiger partial charge in [-0.15, -0.1) is 0 Å². The van der Waals surface area contributed by atoms with Crippen LogP contribution in [0.15, 0.2) is 18.2 Å². The van der Waals surface area contributed by atoms with E-state index >= 15 is 0 Å². The number of rotatable bonds is 7. The van der Waals surface area contributed by atoms with E-state index in [1.807, 2.05) is 6.92 Å². The predicted octanol–water partition coefficient (Wildman–Crippen LogP) is 1.99. The van der Waals surface area contributed by atoms with Gasteiger partial charge in [-0.2, -0.15) is 0 Å². The Kier molecular flexibility index (Phi) is 6.42. The Balaban J connectivity index is 2.70. The monoisotopic (exact) mass is 298 g/mol. The lowest BCUT2D eigenvalue weighted by Crippen LogP contribution is -2.43. The number of nitrogens with zero attached hydrogens (tertiary/aromatic N) is 1. The Morgan fingerprint density at radius 3 is 2.57 bits per heavy atom. The van der Waals surface area contributed by atoms with Crippen molar-refractivity contribution < 1.29 is 18.4 Å². The van der Waals surface area contributed by atoms with Gasteiger partial charge in [-0.1, -0.05) is 6.92 Å². The molecule has 0 saturated heterocycles. The molecule has 0 spiro atoms. The second-order valence-electron chi connectivity index (χ2n) is 4.93. The summed E-state index contributed by atoms with van der Waals surface area (Å²) in [5.41, 5.74) is -0.176. The number of likely N-dealkylation sites (N-methyl/N-ethyl adjacent to an activating group) is 1. The molecule has 0 aliphatic rings. The van der Waals surface area contributed by atoms with Gasteiger partial charge >= 0.3 is 0 Å². The molecule has 0 heterocycles. The zero-order chi connectivity index (χ0) is 16.0. The van der Waals surface area contributed by atoms with Gasteiger partial charge in [0.25, 0.3) is 0 Å². The fourth-order valence-electron chi connectivity index (χ4n) is 1.80. The third-order valence-corrected chi connectivity index (χ3v) is 3.20. The average Bonchev–Trinajstić information content (AvgIpc) is 2.43. The molecule has 1 aromatic carbocycles. The van der Waals surface area contributed by atoms with Crippen molar-refractivity contribution in [2.24, 2.45) is 0 Å². The second kappa shape index (κ2) is 7.83. The van der Waals surface area contributed by atoms with Crippen molar-refractivity contribution in [2.45, 2.75) is 26.3 Å². The lowest BCUT2D eigenvalue weighted by Gasteiger charge is -2.23. The summed E-state index contributed by atoms with van der Waals surface area (Å²) >= 11 is 0. The molecule has 0 bridgehead atoms. The SMILES string of the molecule is CCCNC(=O)CN(C)C(C)C(=O)c1ccc(F)cc1F. The van der Waals surface area contributed by atoms with Crippen LogP contribution < -0.4 is 5.32 Å². The largest absolute Gasteiger partial charge is 0.355 e. The van der Waals surface area contributed by atoms with Gasteiger partial charge < -0.3 is 5.32 Å². The van der Waals surface area contributed by atoms with E-state index in [2.05, 4.69) is 5.32 Å². The minimum Gasteiger partial charge on any atom is -0.355 e. The van der Waals surface area contributed by atoms with Crippen LogP contribution in [0.5, 0.6) is 0 Å². The van der Waals surface area contributed by atoms with Crippen molar-refractivity contribution in [2.75, 3.05) is 20.1 Å². The summed E-state index contributed by atoms with van der Waals surface area (Å²) in [6.07, 6.45) is 0.824. The van der Waals surface area contributed by atoms with Crippen LogP contribution in [0.4, 0.5) is 8.78 Å². The van der Waals surface area contributed by atoms with E-state index in [0.717, 1.165) is 18.6 Å². The number of Topliss-reactive ketones (excluding diaryl/α,β-unsaturated/α-hetero) is 1. The van der Waals surface area contributed by atoms with Crippen LogP contribution >= 0.6 is 0 Å². The maximum Gasteiger partial charge on any atom is 0.234 e. The van der Waals surface area contributed by atoms with Crippen LogP contribution in [-0.4, -0.2) is 42.8 Å². The molecule has 1 unspecified atom stereocenters. The molecule has 6 heteroatoms. The number of amides is 1. The lowest BCUT2D eigenvalue weighted by molar-refractivity contribution is -0.122. The fraction of sp³-hybridized carbons (Fsp3) is 0.467. The molecule has 0 aliphatic heterocycles. The normalized spacial score (nSPS) is 12.3. The first-order valence-electron chi connectivity index (χ1n) is 6.83. The highest BCUT2D eigenvalue weighted by molar-refractivity contribution is 6.00. The second-order valence-corrected chi connectivity index (χ2v) is 4.93. The number of hydrogen-bond donors (Lipinski definition) is 1. The van der Waals surface area contributed by atoms with E-state index in [0.29, 0.717) is 12.6 Å². The third kappa shape index (κ3) is 4.90. The Hall–Kier alpha value is -1.82. The van der Waals surface area contributed by atoms with Crippen molar-refractivity contribution in [3.63, 3.8) is 0 Å². The molecule has 116 valence electrons. The number of ketones is 1. The van der Waals surface area contributed by atoms with Crippen molar-refractivity contribution in [1.82, 2.24) is 10.2 Å². The molecule has 0 aliphatic carbocycles. The van der Waals surface area contributed by atoms with Crippen molar-refractivity contribution in [3.05, 3.63) is 35.4 Å². The number of benzene rings is 1. The van der Waals surface area contributed by atoms with Gasteiger partial charge in [0.05, 0.1) is 18.2 Å². The van der Waals surface area contributed by atoms with Crippen LogP contribution in [-0.2, 0) is 4.79 Å².